The number of urea groups is 1. The first-order chi connectivity index (χ1) is 11.5. The SMILES string of the molecule is CC(C)NC(=O)Nc1ccc(C(=O)N2C3CCNCC2CC3)cc1.Cl. The smallest absolute Gasteiger partial charge is 0.319 e. The summed E-state index contributed by atoms with van der Waals surface area (Å²) in [5, 5.41) is 8.96. The van der Waals surface area contributed by atoms with Crippen LogP contribution in [0, 0.1) is 0 Å². The van der Waals surface area contributed by atoms with Crippen LogP contribution in [-0.2, 0) is 0 Å². The fourth-order valence-electron chi connectivity index (χ4n) is 3.59. The molecule has 2 aliphatic rings. The van der Waals surface area contributed by atoms with Gasteiger partial charge in [-0.3, -0.25) is 4.79 Å². The summed E-state index contributed by atoms with van der Waals surface area (Å²) in [4.78, 5) is 26.7. The van der Waals surface area contributed by atoms with Gasteiger partial charge in [-0.2, -0.15) is 0 Å². The number of nitrogens with one attached hydrogen (secondary N) is 3. The van der Waals surface area contributed by atoms with E-state index < -0.39 is 0 Å². The van der Waals surface area contributed by atoms with Crippen molar-refractivity contribution in [3.05, 3.63) is 29.8 Å². The third-order valence-corrected chi connectivity index (χ3v) is 4.70. The van der Waals surface area contributed by atoms with Gasteiger partial charge in [-0.05, 0) is 63.9 Å². The Bertz CT molecular complexity index is 592. The zero-order valence-electron chi connectivity index (χ0n) is 14.7. The standard InChI is InChI=1S/C18H26N4O2.ClH/c1-12(2)20-18(24)21-14-5-3-13(4-6-14)17(23)22-15-7-8-16(22)11-19-10-9-15;/h3-6,12,15-16,19H,7-11H2,1-2H3,(H2,20,21,24);1H. The molecule has 2 atom stereocenters. The lowest BCUT2D eigenvalue weighted by Gasteiger charge is -2.28. The van der Waals surface area contributed by atoms with Crippen molar-refractivity contribution < 1.29 is 9.59 Å². The number of anilines is 1. The highest BCUT2D eigenvalue weighted by Gasteiger charge is 2.38. The molecule has 1 aromatic rings. The Morgan fingerprint density at radius 2 is 1.80 bits per heavy atom. The summed E-state index contributed by atoms with van der Waals surface area (Å²) in [6.07, 6.45) is 3.21. The Kier molecular flexibility index (Phi) is 6.67. The van der Waals surface area contributed by atoms with Crippen LogP contribution in [0.5, 0.6) is 0 Å². The predicted molar refractivity (Wildman–Crippen MR) is 101 cm³/mol. The molecule has 0 aliphatic carbocycles. The monoisotopic (exact) mass is 366 g/mol. The number of rotatable bonds is 3. The Morgan fingerprint density at radius 3 is 2.48 bits per heavy atom. The van der Waals surface area contributed by atoms with Crippen LogP contribution in [0.3, 0.4) is 0 Å². The second-order valence-electron chi connectivity index (χ2n) is 6.92. The van der Waals surface area contributed by atoms with E-state index in [0.717, 1.165) is 32.4 Å². The van der Waals surface area contributed by atoms with Gasteiger partial charge in [0.15, 0.2) is 0 Å². The third kappa shape index (κ3) is 4.64. The van der Waals surface area contributed by atoms with Crippen molar-refractivity contribution in [2.24, 2.45) is 0 Å². The first-order valence-electron chi connectivity index (χ1n) is 8.75. The van der Waals surface area contributed by atoms with E-state index in [1.807, 2.05) is 13.8 Å². The maximum Gasteiger partial charge on any atom is 0.319 e. The topological polar surface area (TPSA) is 73.5 Å². The lowest BCUT2D eigenvalue weighted by Crippen LogP contribution is -2.42. The van der Waals surface area contributed by atoms with Crippen LogP contribution in [-0.4, -0.2) is 48.1 Å². The van der Waals surface area contributed by atoms with Gasteiger partial charge in [0.2, 0.25) is 0 Å². The van der Waals surface area contributed by atoms with Gasteiger partial charge >= 0.3 is 6.03 Å². The second kappa shape index (κ2) is 8.54. The van der Waals surface area contributed by atoms with Crippen molar-refractivity contribution in [3.8, 4) is 0 Å². The van der Waals surface area contributed by atoms with Gasteiger partial charge in [0.1, 0.15) is 0 Å². The number of amides is 3. The Morgan fingerprint density at radius 1 is 1.12 bits per heavy atom. The number of hydrogen-bond donors (Lipinski definition) is 3. The van der Waals surface area contributed by atoms with Gasteiger partial charge in [0.05, 0.1) is 0 Å². The van der Waals surface area contributed by atoms with Crippen LogP contribution in [0.1, 0.15) is 43.5 Å². The lowest BCUT2D eigenvalue weighted by atomic mass is 10.1. The summed E-state index contributed by atoms with van der Waals surface area (Å²) in [5.74, 6) is 0.101. The summed E-state index contributed by atoms with van der Waals surface area (Å²) in [7, 11) is 0. The normalized spacial score (nSPS) is 22.1. The zero-order chi connectivity index (χ0) is 17.1. The molecular formula is C18H27ClN4O2. The highest BCUT2D eigenvalue weighted by Crippen LogP contribution is 2.29. The molecule has 2 saturated heterocycles. The van der Waals surface area contributed by atoms with E-state index in [4.69, 9.17) is 0 Å². The minimum atomic E-state index is -0.235. The molecule has 7 heteroatoms. The number of halogens is 1. The minimum Gasteiger partial charge on any atom is -0.336 e. The molecule has 2 heterocycles. The molecule has 2 bridgehead atoms. The minimum absolute atomic E-state index is 0. The fraction of sp³-hybridized carbons (Fsp3) is 0.556. The van der Waals surface area contributed by atoms with Crippen LogP contribution in [0.4, 0.5) is 10.5 Å². The summed E-state index contributed by atoms with van der Waals surface area (Å²) in [6.45, 7) is 5.69. The molecule has 3 N–H and O–H groups in total. The van der Waals surface area contributed by atoms with E-state index >= 15 is 0 Å². The molecule has 0 spiro atoms. The van der Waals surface area contributed by atoms with Gasteiger partial charge in [0, 0.05) is 35.9 Å². The number of nitrogens with zero attached hydrogens (tertiary/aromatic N) is 1. The highest BCUT2D eigenvalue weighted by molar-refractivity contribution is 5.96. The maximum atomic E-state index is 12.9. The van der Waals surface area contributed by atoms with Crippen LogP contribution in [0.15, 0.2) is 24.3 Å². The van der Waals surface area contributed by atoms with Gasteiger partial charge in [0.25, 0.3) is 5.91 Å². The third-order valence-electron chi connectivity index (χ3n) is 4.70. The molecule has 0 radical (unpaired) electrons. The molecule has 2 aliphatic heterocycles. The summed E-state index contributed by atoms with van der Waals surface area (Å²) in [6, 6.07) is 7.66. The second-order valence-corrected chi connectivity index (χ2v) is 6.92. The fourth-order valence-corrected chi connectivity index (χ4v) is 3.59. The first-order valence-corrected chi connectivity index (χ1v) is 8.75. The molecule has 25 heavy (non-hydrogen) atoms. The molecule has 2 fully saturated rings. The Hall–Kier alpha value is -1.79. The molecule has 138 valence electrons. The Labute approximate surface area is 155 Å². The number of carbonyl (C=O) groups excluding carboxylic acids is 2. The Balaban J connectivity index is 0.00000225. The molecule has 6 nitrogen and oxygen atoms in total. The van der Waals surface area contributed by atoms with Crippen molar-refractivity contribution in [2.45, 2.75) is 51.2 Å². The van der Waals surface area contributed by atoms with Gasteiger partial charge in [-0.1, -0.05) is 0 Å². The van der Waals surface area contributed by atoms with E-state index in [1.165, 1.54) is 0 Å². The van der Waals surface area contributed by atoms with Crippen LogP contribution >= 0.6 is 12.4 Å². The quantitative estimate of drug-likeness (QED) is 0.769. The molecule has 3 amide bonds. The average Bonchev–Trinajstić information content (AvgIpc) is 2.79. The van der Waals surface area contributed by atoms with Gasteiger partial charge < -0.3 is 20.9 Å². The average molecular weight is 367 g/mol. The van der Waals surface area contributed by atoms with Crippen LogP contribution in [0.2, 0.25) is 0 Å². The van der Waals surface area contributed by atoms with E-state index in [-0.39, 0.29) is 30.4 Å². The summed E-state index contributed by atoms with van der Waals surface area (Å²) in [5.41, 5.74) is 1.37. The van der Waals surface area contributed by atoms with Crippen LogP contribution < -0.4 is 16.0 Å². The van der Waals surface area contributed by atoms with Crippen molar-refractivity contribution in [1.29, 1.82) is 0 Å². The van der Waals surface area contributed by atoms with E-state index in [1.54, 1.807) is 24.3 Å². The molecule has 0 saturated carbocycles. The number of hydrogen-bond acceptors (Lipinski definition) is 3. The largest absolute Gasteiger partial charge is 0.336 e. The molecule has 1 aromatic carbocycles. The van der Waals surface area contributed by atoms with Gasteiger partial charge in [-0.15, -0.1) is 12.4 Å². The lowest BCUT2D eigenvalue weighted by molar-refractivity contribution is 0.0680. The van der Waals surface area contributed by atoms with Crippen molar-refractivity contribution in [1.82, 2.24) is 15.5 Å². The summed E-state index contributed by atoms with van der Waals surface area (Å²) >= 11 is 0. The van der Waals surface area contributed by atoms with E-state index in [2.05, 4.69) is 20.9 Å². The number of carbonyl (C=O) groups is 2. The molecule has 3 rings (SSSR count). The van der Waals surface area contributed by atoms with Gasteiger partial charge in [-0.25, -0.2) is 4.79 Å². The molecule has 2 unspecified atom stereocenters. The van der Waals surface area contributed by atoms with Crippen molar-refractivity contribution >= 4 is 30.0 Å². The van der Waals surface area contributed by atoms with E-state index in [0.29, 0.717) is 23.3 Å². The predicted octanol–water partition coefficient (Wildman–Crippen LogP) is 2.60. The first kappa shape index (κ1) is 19.5. The van der Waals surface area contributed by atoms with Crippen LogP contribution in [0.25, 0.3) is 0 Å². The molecular weight excluding hydrogens is 340 g/mol. The van der Waals surface area contributed by atoms with Crippen molar-refractivity contribution in [2.75, 3.05) is 18.4 Å². The summed E-state index contributed by atoms with van der Waals surface area (Å²) < 4.78 is 0. The number of fused-ring (bicyclic) bond motifs is 2. The maximum absolute atomic E-state index is 12.9. The number of benzene rings is 1. The molecule has 0 aromatic heterocycles. The van der Waals surface area contributed by atoms with Crippen molar-refractivity contribution in [3.63, 3.8) is 0 Å². The van der Waals surface area contributed by atoms with E-state index in [9.17, 15) is 9.59 Å². The highest BCUT2D eigenvalue weighted by atomic mass is 35.5. The zero-order valence-corrected chi connectivity index (χ0v) is 15.6.